The van der Waals surface area contributed by atoms with E-state index in [9.17, 15) is 4.79 Å². The van der Waals surface area contributed by atoms with Gasteiger partial charge in [0.25, 0.3) is 0 Å². The van der Waals surface area contributed by atoms with Gasteiger partial charge >= 0.3 is 5.97 Å². The summed E-state index contributed by atoms with van der Waals surface area (Å²) in [4.78, 5) is 10.7. The molecule has 0 spiro atoms. The lowest BCUT2D eigenvalue weighted by molar-refractivity contribution is -0.146. The fraction of sp³-hybridized carbons (Fsp3) is 0.700. The minimum atomic E-state index is -0.760. The quantitative estimate of drug-likeness (QED) is 0.479. The van der Waals surface area contributed by atoms with E-state index in [1.54, 1.807) is 25.6 Å². The molecule has 0 bridgehead atoms. The summed E-state index contributed by atoms with van der Waals surface area (Å²) in [5.74, 6) is 1.18. The lowest BCUT2D eigenvalue weighted by Crippen LogP contribution is -2.36. The number of carboxylic acid groups (broad SMARTS) is 1. The molecule has 0 aliphatic heterocycles. The van der Waals surface area contributed by atoms with Crippen molar-refractivity contribution >= 4 is 17.7 Å². The van der Waals surface area contributed by atoms with Crippen molar-refractivity contribution in [3.05, 3.63) is 12.7 Å². The highest BCUT2D eigenvalue weighted by atomic mass is 32.2. The highest BCUT2D eigenvalue weighted by Gasteiger charge is 2.25. The molecule has 0 aromatic rings. The smallest absolute Gasteiger partial charge is 0.310 e. The Morgan fingerprint density at radius 1 is 1.64 bits per heavy atom. The van der Waals surface area contributed by atoms with Crippen LogP contribution < -0.4 is 5.32 Å². The topological polar surface area (TPSA) is 49.3 Å². The minimum Gasteiger partial charge on any atom is -0.481 e. The summed E-state index contributed by atoms with van der Waals surface area (Å²) in [5, 5.41) is 12.0. The molecule has 0 atom stereocenters. The first-order chi connectivity index (χ1) is 6.50. The van der Waals surface area contributed by atoms with Crippen molar-refractivity contribution in [1.29, 1.82) is 0 Å². The lowest BCUT2D eigenvalue weighted by Gasteiger charge is -2.19. The van der Waals surface area contributed by atoms with Gasteiger partial charge in [-0.25, -0.2) is 0 Å². The van der Waals surface area contributed by atoms with E-state index in [1.807, 2.05) is 6.08 Å². The molecule has 0 aliphatic rings. The SMILES string of the molecule is C=CCSCCNCC(C)(C)C(=O)O. The maximum absolute atomic E-state index is 10.7. The van der Waals surface area contributed by atoms with E-state index in [1.165, 1.54) is 0 Å². The van der Waals surface area contributed by atoms with Crippen LogP contribution in [0.3, 0.4) is 0 Å². The molecule has 0 saturated carbocycles. The second-order valence-corrected chi connectivity index (χ2v) is 4.88. The zero-order chi connectivity index (χ0) is 11.0. The van der Waals surface area contributed by atoms with Crippen LogP contribution in [0.5, 0.6) is 0 Å². The molecule has 0 unspecified atom stereocenters. The van der Waals surface area contributed by atoms with Gasteiger partial charge in [-0.2, -0.15) is 11.8 Å². The fourth-order valence-corrected chi connectivity index (χ4v) is 1.41. The molecule has 0 radical (unpaired) electrons. The Hall–Kier alpha value is -0.480. The molecule has 4 heteroatoms. The molecule has 14 heavy (non-hydrogen) atoms. The van der Waals surface area contributed by atoms with Crippen molar-refractivity contribution in [2.24, 2.45) is 5.41 Å². The van der Waals surface area contributed by atoms with Crippen LogP contribution in [0.2, 0.25) is 0 Å². The van der Waals surface area contributed by atoms with E-state index in [0.717, 1.165) is 18.1 Å². The molecule has 0 fully saturated rings. The van der Waals surface area contributed by atoms with Gasteiger partial charge in [-0.15, -0.1) is 6.58 Å². The third-order valence-corrected chi connectivity index (χ3v) is 2.77. The number of carboxylic acids is 1. The number of aliphatic carboxylic acids is 1. The van der Waals surface area contributed by atoms with Crippen molar-refractivity contribution < 1.29 is 9.90 Å². The Morgan fingerprint density at radius 2 is 2.29 bits per heavy atom. The van der Waals surface area contributed by atoms with Crippen LogP contribution in [0.25, 0.3) is 0 Å². The maximum Gasteiger partial charge on any atom is 0.310 e. The Kier molecular flexibility index (Phi) is 6.66. The van der Waals surface area contributed by atoms with Crippen LogP contribution in [0.1, 0.15) is 13.8 Å². The van der Waals surface area contributed by atoms with Gasteiger partial charge < -0.3 is 10.4 Å². The van der Waals surface area contributed by atoms with Gasteiger partial charge in [-0.05, 0) is 13.8 Å². The predicted molar refractivity (Wildman–Crippen MR) is 61.8 cm³/mol. The summed E-state index contributed by atoms with van der Waals surface area (Å²) in [6.07, 6.45) is 1.87. The van der Waals surface area contributed by atoms with Crippen LogP contribution in [-0.2, 0) is 4.79 Å². The van der Waals surface area contributed by atoms with Crippen LogP contribution in [0, 0.1) is 5.41 Å². The molecular weight excluding hydrogens is 198 g/mol. The van der Waals surface area contributed by atoms with E-state index in [4.69, 9.17) is 5.11 Å². The summed E-state index contributed by atoms with van der Waals surface area (Å²) < 4.78 is 0. The van der Waals surface area contributed by atoms with Gasteiger partial charge in [-0.3, -0.25) is 4.79 Å². The molecule has 2 N–H and O–H groups in total. The highest BCUT2D eigenvalue weighted by Crippen LogP contribution is 2.12. The number of nitrogens with one attached hydrogen (secondary N) is 1. The average molecular weight is 217 g/mol. The normalized spacial score (nSPS) is 11.3. The summed E-state index contributed by atoms with van der Waals surface area (Å²) >= 11 is 1.78. The molecular formula is C10H19NO2S. The first kappa shape index (κ1) is 13.5. The first-order valence-corrected chi connectivity index (χ1v) is 5.79. The van der Waals surface area contributed by atoms with E-state index in [0.29, 0.717) is 6.54 Å². The molecule has 0 aromatic carbocycles. The number of carbonyl (C=O) groups is 1. The highest BCUT2D eigenvalue weighted by molar-refractivity contribution is 7.99. The second-order valence-electron chi connectivity index (χ2n) is 3.73. The van der Waals surface area contributed by atoms with Crippen LogP contribution in [-0.4, -0.2) is 35.7 Å². The summed E-state index contributed by atoms with van der Waals surface area (Å²) in [6, 6.07) is 0. The molecule has 0 aliphatic carbocycles. The van der Waals surface area contributed by atoms with E-state index in [2.05, 4.69) is 11.9 Å². The zero-order valence-electron chi connectivity index (χ0n) is 8.88. The summed E-state index contributed by atoms with van der Waals surface area (Å²) in [5.41, 5.74) is -0.677. The van der Waals surface area contributed by atoms with Gasteiger partial charge in [0, 0.05) is 24.6 Å². The molecule has 82 valence electrons. The summed E-state index contributed by atoms with van der Waals surface area (Å²) in [6.45, 7) is 8.42. The molecule has 0 saturated heterocycles. The third-order valence-electron chi connectivity index (χ3n) is 1.80. The molecule has 0 heterocycles. The Morgan fingerprint density at radius 3 is 2.79 bits per heavy atom. The van der Waals surface area contributed by atoms with Crippen LogP contribution in [0.15, 0.2) is 12.7 Å². The first-order valence-electron chi connectivity index (χ1n) is 4.63. The fourth-order valence-electron chi connectivity index (χ4n) is 0.788. The van der Waals surface area contributed by atoms with Gasteiger partial charge in [0.05, 0.1) is 5.41 Å². The predicted octanol–water partition coefficient (Wildman–Crippen LogP) is 1.61. The van der Waals surface area contributed by atoms with E-state index >= 15 is 0 Å². The molecule has 3 nitrogen and oxygen atoms in total. The number of hydrogen-bond acceptors (Lipinski definition) is 3. The number of hydrogen-bond donors (Lipinski definition) is 2. The van der Waals surface area contributed by atoms with Crippen molar-refractivity contribution in [2.45, 2.75) is 13.8 Å². The van der Waals surface area contributed by atoms with E-state index in [-0.39, 0.29) is 0 Å². The largest absolute Gasteiger partial charge is 0.481 e. The van der Waals surface area contributed by atoms with Crippen molar-refractivity contribution in [1.82, 2.24) is 5.32 Å². The monoisotopic (exact) mass is 217 g/mol. The van der Waals surface area contributed by atoms with Gasteiger partial charge in [0.2, 0.25) is 0 Å². The Balaban J connectivity index is 3.44. The number of thioether (sulfide) groups is 1. The second kappa shape index (κ2) is 6.90. The molecule has 0 aromatic heterocycles. The van der Waals surface area contributed by atoms with Crippen LogP contribution in [0.4, 0.5) is 0 Å². The van der Waals surface area contributed by atoms with Crippen LogP contribution >= 0.6 is 11.8 Å². The zero-order valence-corrected chi connectivity index (χ0v) is 9.69. The minimum absolute atomic E-state index is 0.511. The van der Waals surface area contributed by atoms with Crippen molar-refractivity contribution in [2.75, 3.05) is 24.6 Å². The van der Waals surface area contributed by atoms with Gasteiger partial charge in [0.15, 0.2) is 0 Å². The van der Waals surface area contributed by atoms with Crippen molar-refractivity contribution in [3.8, 4) is 0 Å². The van der Waals surface area contributed by atoms with E-state index < -0.39 is 11.4 Å². The summed E-state index contributed by atoms with van der Waals surface area (Å²) in [7, 11) is 0. The molecule has 0 rings (SSSR count). The standard InChI is InChI=1S/C10H19NO2S/c1-4-6-14-7-5-11-8-10(2,3)9(12)13/h4,11H,1,5-8H2,2-3H3,(H,12,13). The van der Waals surface area contributed by atoms with Gasteiger partial charge in [0.1, 0.15) is 0 Å². The van der Waals surface area contributed by atoms with Gasteiger partial charge in [-0.1, -0.05) is 6.08 Å². The maximum atomic E-state index is 10.7. The lowest BCUT2D eigenvalue weighted by atomic mass is 9.94. The number of rotatable bonds is 8. The van der Waals surface area contributed by atoms with Crippen molar-refractivity contribution in [3.63, 3.8) is 0 Å². The Bertz CT molecular complexity index is 193. The third kappa shape index (κ3) is 6.05. The Labute approximate surface area is 90.0 Å². The molecule has 0 amide bonds. The average Bonchev–Trinajstić information content (AvgIpc) is 2.10.